The second-order valence-corrected chi connectivity index (χ2v) is 6.66. The van der Waals surface area contributed by atoms with Crippen molar-refractivity contribution in [2.24, 2.45) is 0 Å². The van der Waals surface area contributed by atoms with E-state index in [1.54, 1.807) is 31.2 Å². The monoisotopic (exact) mass is 388 g/mol. The Hall–Kier alpha value is -3.60. The summed E-state index contributed by atoms with van der Waals surface area (Å²) in [4.78, 5) is 24.5. The van der Waals surface area contributed by atoms with Gasteiger partial charge in [0.05, 0.1) is 5.56 Å². The Kier molecular flexibility index (Phi) is 6.63. The van der Waals surface area contributed by atoms with Gasteiger partial charge in [0.15, 0.2) is 0 Å². The molecule has 29 heavy (non-hydrogen) atoms. The van der Waals surface area contributed by atoms with Crippen LogP contribution in [0, 0.1) is 6.92 Å². The fourth-order valence-electron chi connectivity index (χ4n) is 2.79. The molecule has 0 aliphatic carbocycles. The molecule has 0 fully saturated rings. The molecule has 0 spiro atoms. The van der Waals surface area contributed by atoms with Gasteiger partial charge in [0.25, 0.3) is 5.91 Å². The molecule has 0 bridgehead atoms. The number of aryl methyl sites for hydroxylation is 1. The van der Waals surface area contributed by atoms with Crippen molar-refractivity contribution in [3.63, 3.8) is 0 Å². The van der Waals surface area contributed by atoms with Gasteiger partial charge in [0.2, 0.25) is 5.91 Å². The van der Waals surface area contributed by atoms with Crippen LogP contribution in [0.2, 0.25) is 0 Å². The molecule has 0 radical (unpaired) electrons. The van der Waals surface area contributed by atoms with Crippen LogP contribution in [-0.2, 0) is 11.4 Å². The lowest BCUT2D eigenvalue weighted by molar-refractivity contribution is -0.115. The fourth-order valence-corrected chi connectivity index (χ4v) is 2.79. The molecule has 0 aliphatic heterocycles. The average Bonchev–Trinajstić information content (AvgIpc) is 2.75. The minimum Gasteiger partial charge on any atom is -0.488 e. The molecule has 3 rings (SSSR count). The van der Waals surface area contributed by atoms with Gasteiger partial charge >= 0.3 is 0 Å². The van der Waals surface area contributed by atoms with Crippen LogP contribution in [0.25, 0.3) is 0 Å². The molecule has 5 nitrogen and oxygen atoms in total. The number of carbonyl (C=O) groups excluding carboxylic acids is 2. The summed E-state index contributed by atoms with van der Waals surface area (Å²) >= 11 is 0. The van der Waals surface area contributed by atoms with E-state index >= 15 is 0 Å². The maximum atomic E-state index is 12.8. The van der Waals surface area contributed by atoms with E-state index in [0.29, 0.717) is 35.7 Å². The van der Waals surface area contributed by atoms with Crippen LogP contribution in [0.3, 0.4) is 0 Å². The number of nitrogens with one attached hydrogen (secondary N) is 2. The van der Waals surface area contributed by atoms with E-state index in [2.05, 4.69) is 10.6 Å². The van der Waals surface area contributed by atoms with Crippen LogP contribution in [0.4, 0.5) is 11.4 Å². The second kappa shape index (κ2) is 9.55. The summed E-state index contributed by atoms with van der Waals surface area (Å²) in [6.07, 6.45) is 0.391. The van der Waals surface area contributed by atoms with Gasteiger partial charge in [-0.05, 0) is 42.3 Å². The summed E-state index contributed by atoms with van der Waals surface area (Å²) in [6.45, 7) is 4.08. The average molecular weight is 388 g/mol. The highest BCUT2D eigenvalue weighted by atomic mass is 16.5. The minimum absolute atomic E-state index is 0.0729. The van der Waals surface area contributed by atoms with Crippen molar-refractivity contribution in [3.05, 3.63) is 89.5 Å². The highest BCUT2D eigenvalue weighted by Crippen LogP contribution is 2.24. The highest BCUT2D eigenvalue weighted by Gasteiger charge is 2.13. The number of carbonyl (C=O) groups is 2. The molecule has 0 saturated carbocycles. The molecule has 3 aromatic carbocycles. The van der Waals surface area contributed by atoms with Gasteiger partial charge in [-0.2, -0.15) is 0 Å². The molecular weight excluding hydrogens is 364 g/mol. The third-order valence-corrected chi connectivity index (χ3v) is 4.46. The minimum atomic E-state index is -0.273. The maximum Gasteiger partial charge on any atom is 0.259 e. The highest BCUT2D eigenvalue weighted by molar-refractivity contribution is 6.06. The Morgan fingerprint density at radius 1 is 0.897 bits per heavy atom. The molecular formula is C24H24N2O3. The first-order valence-electron chi connectivity index (χ1n) is 9.54. The lowest BCUT2D eigenvalue weighted by atomic mass is 10.1. The molecule has 0 atom stereocenters. The van der Waals surface area contributed by atoms with E-state index < -0.39 is 0 Å². The molecule has 3 aromatic rings. The molecule has 2 amide bonds. The largest absolute Gasteiger partial charge is 0.488 e. The Labute approximate surface area is 170 Å². The normalized spacial score (nSPS) is 10.3. The first-order chi connectivity index (χ1) is 14.1. The van der Waals surface area contributed by atoms with Crippen molar-refractivity contribution in [1.82, 2.24) is 0 Å². The van der Waals surface area contributed by atoms with Crippen molar-refractivity contribution < 1.29 is 14.3 Å². The second-order valence-electron chi connectivity index (χ2n) is 6.66. The molecule has 5 heteroatoms. The number of hydrogen-bond acceptors (Lipinski definition) is 3. The summed E-state index contributed by atoms with van der Waals surface area (Å²) in [6, 6.07) is 22.4. The van der Waals surface area contributed by atoms with Crippen LogP contribution < -0.4 is 15.4 Å². The predicted molar refractivity (Wildman–Crippen MR) is 115 cm³/mol. The van der Waals surface area contributed by atoms with E-state index in [1.807, 2.05) is 55.5 Å². The number of rotatable bonds is 7. The van der Waals surface area contributed by atoms with Gasteiger partial charge in [0, 0.05) is 17.8 Å². The quantitative estimate of drug-likeness (QED) is 0.586. The van der Waals surface area contributed by atoms with Crippen molar-refractivity contribution >= 4 is 23.2 Å². The number of amides is 2. The van der Waals surface area contributed by atoms with E-state index in [1.165, 1.54) is 0 Å². The van der Waals surface area contributed by atoms with Crippen molar-refractivity contribution in [1.29, 1.82) is 0 Å². The molecule has 2 N–H and O–H groups in total. The molecule has 148 valence electrons. The topological polar surface area (TPSA) is 67.4 Å². The standard InChI is InChI=1S/C24H24N2O3/c1-3-23(27)26-21-15-19(14-13-17(21)2)25-24(28)20-11-7-8-12-22(20)29-16-18-9-5-4-6-10-18/h4-15H,3,16H2,1-2H3,(H,25,28)(H,26,27). The lowest BCUT2D eigenvalue weighted by Crippen LogP contribution is -2.15. The van der Waals surface area contributed by atoms with Crippen LogP contribution >= 0.6 is 0 Å². The van der Waals surface area contributed by atoms with Crippen molar-refractivity contribution in [2.45, 2.75) is 26.9 Å². The zero-order valence-corrected chi connectivity index (χ0v) is 16.6. The van der Waals surface area contributed by atoms with E-state index in [4.69, 9.17) is 4.74 Å². The number of hydrogen-bond donors (Lipinski definition) is 2. The third-order valence-electron chi connectivity index (χ3n) is 4.46. The number of anilines is 2. The van der Waals surface area contributed by atoms with Gasteiger partial charge < -0.3 is 15.4 Å². The molecule has 0 unspecified atom stereocenters. The van der Waals surface area contributed by atoms with Crippen molar-refractivity contribution in [3.8, 4) is 5.75 Å². The lowest BCUT2D eigenvalue weighted by Gasteiger charge is -2.13. The zero-order chi connectivity index (χ0) is 20.6. The summed E-state index contributed by atoms with van der Waals surface area (Å²) in [5, 5.41) is 5.73. The van der Waals surface area contributed by atoms with Crippen LogP contribution in [-0.4, -0.2) is 11.8 Å². The third kappa shape index (κ3) is 5.45. The van der Waals surface area contributed by atoms with E-state index in [9.17, 15) is 9.59 Å². The predicted octanol–water partition coefficient (Wildman–Crippen LogP) is 5.17. The summed E-state index contributed by atoms with van der Waals surface area (Å²) < 4.78 is 5.87. The molecule has 0 heterocycles. The smallest absolute Gasteiger partial charge is 0.259 e. The van der Waals surface area contributed by atoms with Crippen LogP contribution in [0.1, 0.15) is 34.8 Å². The van der Waals surface area contributed by atoms with Gasteiger partial charge in [-0.3, -0.25) is 9.59 Å². The van der Waals surface area contributed by atoms with Crippen LogP contribution in [0.15, 0.2) is 72.8 Å². The maximum absolute atomic E-state index is 12.8. The van der Waals surface area contributed by atoms with Gasteiger partial charge in [-0.15, -0.1) is 0 Å². The fraction of sp³-hybridized carbons (Fsp3) is 0.167. The number of para-hydroxylation sites is 1. The van der Waals surface area contributed by atoms with Gasteiger partial charge in [-0.1, -0.05) is 55.5 Å². The molecule has 0 aliphatic rings. The number of benzene rings is 3. The summed E-state index contributed by atoms with van der Waals surface area (Å²) in [5.41, 5.74) is 3.69. The Morgan fingerprint density at radius 3 is 2.38 bits per heavy atom. The van der Waals surface area contributed by atoms with E-state index in [0.717, 1.165) is 11.1 Å². The number of ether oxygens (including phenoxy) is 1. The van der Waals surface area contributed by atoms with E-state index in [-0.39, 0.29) is 11.8 Å². The Morgan fingerprint density at radius 2 is 1.62 bits per heavy atom. The molecule has 0 aromatic heterocycles. The zero-order valence-electron chi connectivity index (χ0n) is 16.6. The van der Waals surface area contributed by atoms with Gasteiger partial charge in [0.1, 0.15) is 12.4 Å². The Balaban J connectivity index is 1.74. The Bertz CT molecular complexity index is 1000. The summed E-state index contributed by atoms with van der Waals surface area (Å²) in [5.74, 6) is 0.169. The van der Waals surface area contributed by atoms with Crippen LogP contribution in [0.5, 0.6) is 5.75 Å². The SMILES string of the molecule is CCC(=O)Nc1cc(NC(=O)c2ccccc2OCc2ccccc2)ccc1C. The molecule has 0 saturated heterocycles. The first-order valence-corrected chi connectivity index (χ1v) is 9.54. The first kappa shape index (κ1) is 20.1. The summed E-state index contributed by atoms with van der Waals surface area (Å²) in [7, 11) is 0. The van der Waals surface area contributed by atoms with Gasteiger partial charge in [-0.25, -0.2) is 0 Å². The van der Waals surface area contributed by atoms with Crippen molar-refractivity contribution in [2.75, 3.05) is 10.6 Å².